The highest BCUT2D eigenvalue weighted by atomic mass is 16.4. The lowest BCUT2D eigenvalue weighted by Gasteiger charge is -2.17. The van der Waals surface area contributed by atoms with Crippen molar-refractivity contribution in [2.45, 2.75) is 5.92 Å². The summed E-state index contributed by atoms with van der Waals surface area (Å²) in [6, 6.07) is 8.20. The zero-order chi connectivity index (χ0) is 13.3. The van der Waals surface area contributed by atoms with E-state index in [1.54, 1.807) is 0 Å². The van der Waals surface area contributed by atoms with Crippen molar-refractivity contribution in [1.29, 1.82) is 0 Å². The molecule has 98 valence electrons. The summed E-state index contributed by atoms with van der Waals surface area (Å²) in [7, 11) is 5.97. The molecular formula is C14H20N2O2. The lowest BCUT2D eigenvalue weighted by molar-refractivity contribution is -0.141. The van der Waals surface area contributed by atoms with Crippen LogP contribution in [0, 0.1) is 5.92 Å². The van der Waals surface area contributed by atoms with E-state index in [9.17, 15) is 9.90 Å². The molecule has 4 nitrogen and oxygen atoms in total. The second kappa shape index (κ2) is 4.98. The number of anilines is 1. The SMILES string of the molecule is CN1CC(C(=O)O)C(c2ccc(N(C)C)cc2)C1. The molecule has 1 heterocycles. The molecule has 0 bridgehead atoms. The minimum Gasteiger partial charge on any atom is -0.481 e. The molecule has 1 N–H and O–H groups in total. The van der Waals surface area contributed by atoms with Crippen LogP contribution in [0.3, 0.4) is 0 Å². The van der Waals surface area contributed by atoms with Crippen LogP contribution >= 0.6 is 0 Å². The summed E-state index contributed by atoms with van der Waals surface area (Å²) < 4.78 is 0. The predicted molar refractivity (Wildman–Crippen MR) is 72.1 cm³/mol. The van der Waals surface area contributed by atoms with Gasteiger partial charge in [0.15, 0.2) is 0 Å². The molecule has 1 saturated heterocycles. The fourth-order valence-electron chi connectivity index (χ4n) is 2.61. The number of nitrogens with zero attached hydrogens (tertiary/aromatic N) is 2. The molecule has 18 heavy (non-hydrogen) atoms. The van der Waals surface area contributed by atoms with Gasteiger partial charge in [0.05, 0.1) is 5.92 Å². The number of rotatable bonds is 3. The minimum absolute atomic E-state index is 0.101. The van der Waals surface area contributed by atoms with Gasteiger partial charge in [-0.25, -0.2) is 0 Å². The van der Waals surface area contributed by atoms with Crippen LogP contribution in [0.5, 0.6) is 0 Å². The van der Waals surface area contributed by atoms with E-state index in [0.29, 0.717) is 6.54 Å². The van der Waals surface area contributed by atoms with Gasteiger partial charge in [0.2, 0.25) is 0 Å². The lowest BCUT2D eigenvalue weighted by Crippen LogP contribution is -2.21. The van der Waals surface area contributed by atoms with Gasteiger partial charge in [-0.1, -0.05) is 12.1 Å². The second-order valence-electron chi connectivity index (χ2n) is 5.26. The first-order valence-corrected chi connectivity index (χ1v) is 6.17. The Labute approximate surface area is 108 Å². The number of likely N-dealkylation sites (tertiary alicyclic amines) is 1. The number of likely N-dealkylation sites (N-methyl/N-ethyl adjacent to an activating group) is 1. The van der Waals surface area contributed by atoms with Crippen LogP contribution in [-0.4, -0.2) is 50.2 Å². The molecule has 1 aromatic carbocycles. The first kappa shape index (κ1) is 12.9. The summed E-state index contributed by atoms with van der Waals surface area (Å²) in [5.74, 6) is -0.884. The van der Waals surface area contributed by atoms with Crippen molar-refractivity contribution in [1.82, 2.24) is 4.90 Å². The summed E-state index contributed by atoms with van der Waals surface area (Å²) in [4.78, 5) is 15.4. The molecule has 0 aliphatic carbocycles. The highest BCUT2D eigenvalue weighted by molar-refractivity contribution is 5.72. The second-order valence-corrected chi connectivity index (χ2v) is 5.26. The number of hydrogen-bond acceptors (Lipinski definition) is 3. The maximum Gasteiger partial charge on any atom is 0.308 e. The minimum atomic E-state index is -0.693. The molecule has 0 amide bonds. The van der Waals surface area contributed by atoms with Crippen LogP contribution in [-0.2, 0) is 4.79 Å². The molecule has 2 atom stereocenters. The lowest BCUT2D eigenvalue weighted by atomic mass is 9.89. The average Bonchev–Trinajstić information content (AvgIpc) is 2.71. The van der Waals surface area contributed by atoms with Crippen molar-refractivity contribution in [2.24, 2.45) is 5.92 Å². The van der Waals surface area contributed by atoms with E-state index < -0.39 is 5.97 Å². The maximum absolute atomic E-state index is 11.3. The van der Waals surface area contributed by atoms with Gasteiger partial charge in [0.1, 0.15) is 0 Å². The molecule has 4 heteroatoms. The van der Waals surface area contributed by atoms with Crippen LogP contribution in [0.25, 0.3) is 0 Å². The van der Waals surface area contributed by atoms with Gasteiger partial charge in [-0.05, 0) is 24.7 Å². The number of carboxylic acids is 1. The van der Waals surface area contributed by atoms with Gasteiger partial charge in [0, 0.05) is 38.8 Å². The van der Waals surface area contributed by atoms with Crippen LogP contribution < -0.4 is 4.90 Å². The Hall–Kier alpha value is -1.55. The Bertz CT molecular complexity index is 428. The van der Waals surface area contributed by atoms with E-state index >= 15 is 0 Å². The number of carboxylic acid groups (broad SMARTS) is 1. The summed E-state index contributed by atoms with van der Waals surface area (Å²) in [6.45, 7) is 1.45. The highest BCUT2D eigenvalue weighted by Gasteiger charge is 2.36. The molecule has 1 aliphatic rings. The third kappa shape index (κ3) is 2.48. The van der Waals surface area contributed by atoms with E-state index in [1.165, 1.54) is 0 Å². The monoisotopic (exact) mass is 248 g/mol. The van der Waals surface area contributed by atoms with Gasteiger partial charge >= 0.3 is 5.97 Å². The molecular weight excluding hydrogens is 228 g/mol. The largest absolute Gasteiger partial charge is 0.481 e. The van der Waals surface area contributed by atoms with E-state index in [-0.39, 0.29) is 11.8 Å². The van der Waals surface area contributed by atoms with Crippen molar-refractivity contribution in [3.63, 3.8) is 0 Å². The van der Waals surface area contributed by atoms with Crippen LogP contribution in [0.4, 0.5) is 5.69 Å². The smallest absolute Gasteiger partial charge is 0.308 e. The van der Waals surface area contributed by atoms with Crippen LogP contribution in [0.15, 0.2) is 24.3 Å². The predicted octanol–water partition coefficient (Wildman–Crippen LogP) is 1.48. The van der Waals surface area contributed by atoms with Gasteiger partial charge in [0.25, 0.3) is 0 Å². The third-order valence-corrected chi connectivity index (χ3v) is 3.66. The van der Waals surface area contributed by atoms with Crippen LogP contribution in [0.2, 0.25) is 0 Å². The highest BCUT2D eigenvalue weighted by Crippen LogP contribution is 2.32. The standard InChI is InChI=1S/C14H20N2O2/c1-15(2)11-6-4-10(5-7-11)12-8-16(3)9-13(12)14(17)18/h4-7,12-13H,8-9H2,1-3H3,(H,17,18). The Balaban J connectivity index is 2.22. The molecule has 0 aromatic heterocycles. The van der Waals surface area contributed by atoms with E-state index in [0.717, 1.165) is 17.8 Å². The average molecular weight is 248 g/mol. The Morgan fingerprint density at radius 3 is 2.39 bits per heavy atom. The summed E-state index contributed by atoms with van der Waals surface area (Å²) in [5.41, 5.74) is 2.26. The van der Waals surface area contributed by atoms with Gasteiger partial charge in [-0.15, -0.1) is 0 Å². The summed E-state index contributed by atoms with van der Waals surface area (Å²) >= 11 is 0. The summed E-state index contributed by atoms with van der Waals surface area (Å²) in [6.07, 6.45) is 0. The zero-order valence-electron chi connectivity index (χ0n) is 11.1. The Morgan fingerprint density at radius 2 is 1.89 bits per heavy atom. The fourth-order valence-corrected chi connectivity index (χ4v) is 2.61. The molecule has 1 aliphatic heterocycles. The molecule has 2 rings (SSSR count). The first-order chi connectivity index (χ1) is 8.49. The topological polar surface area (TPSA) is 43.8 Å². The number of hydrogen-bond donors (Lipinski definition) is 1. The van der Waals surface area contributed by atoms with Crippen LogP contribution in [0.1, 0.15) is 11.5 Å². The maximum atomic E-state index is 11.3. The molecule has 0 saturated carbocycles. The third-order valence-electron chi connectivity index (χ3n) is 3.66. The molecule has 2 unspecified atom stereocenters. The molecule has 1 fully saturated rings. The fraction of sp³-hybridized carbons (Fsp3) is 0.500. The van der Waals surface area contributed by atoms with Crippen molar-refractivity contribution >= 4 is 11.7 Å². The number of aliphatic carboxylic acids is 1. The molecule has 0 radical (unpaired) electrons. The van der Waals surface area contributed by atoms with Gasteiger partial charge in [-0.3, -0.25) is 4.79 Å². The van der Waals surface area contributed by atoms with Crippen molar-refractivity contribution in [3.8, 4) is 0 Å². The number of carbonyl (C=O) groups is 1. The molecule has 1 aromatic rings. The van der Waals surface area contributed by atoms with E-state index in [4.69, 9.17) is 0 Å². The first-order valence-electron chi connectivity index (χ1n) is 6.17. The van der Waals surface area contributed by atoms with Crippen molar-refractivity contribution in [3.05, 3.63) is 29.8 Å². The van der Waals surface area contributed by atoms with Crippen molar-refractivity contribution < 1.29 is 9.90 Å². The molecule has 0 spiro atoms. The normalized spacial score (nSPS) is 24.2. The van der Waals surface area contributed by atoms with Gasteiger partial charge < -0.3 is 14.9 Å². The zero-order valence-corrected chi connectivity index (χ0v) is 11.1. The quantitative estimate of drug-likeness (QED) is 0.880. The van der Waals surface area contributed by atoms with E-state index in [2.05, 4.69) is 17.0 Å². The Kier molecular flexibility index (Phi) is 3.57. The Morgan fingerprint density at radius 1 is 1.28 bits per heavy atom. The van der Waals surface area contributed by atoms with E-state index in [1.807, 2.05) is 38.2 Å². The van der Waals surface area contributed by atoms with Gasteiger partial charge in [-0.2, -0.15) is 0 Å². The van der Waals surface area contributed by atoms with Crippen molar-refractivity contribution in [2.75, 3.05) is 39.1 Å². The summed E-state index contributed by atoms with van der Waals surface area (Å²) in [5, 5.41) is 9.27. The number of benzene rings is 1.